The smallest absolute Gasteiger partial charge is 0.331 e. The third kappa shape index (κ3) is 3.46. The zero-order chi connectivity index (χ0) is 15.4. The van der Waals surface area contributed by atoms with Crippen molar-refractivity contribution >= 4 is 38.7 Å². The van der Waals surface area contributed by atoms with Gasteiger partial charge in [0.1, 0.15) is 12.4 Å². The summed E-state index contributed by atoms with van der Waals surface area (Å²) in [5, 5.41) is 2.23. The maximum atomic E-state index is 11.8. The number of halogens is 1. The molecular formula is C18H13BrO3. The number of benzene rings is 2. The third-order valence-electron chi connectivity index (χ3n) is 3.23. The molecule has 0 aliphatic rings. The van der Waals surface area contributed by atoms with Crippen molar-refractivity contribution in [2.45, 2.75) is 6.61 Å². The summed E-state index contributed by atoms with van der Waals surface area (Å²) in [7, 11) is 0. The highest BCUT2D eigenvalue weighted by molar-refractivity contribution is 9.10. The van der Waals surface area contributed by atoms with Crippen LogP contribution in [0.15, 0.2) is 69.8 Å². The predicted octanol–water partition coefficient (Wildman–Crippen LogP) is 4.95. The quantitative estimate of drug-likeness (QED) is 0.490. The van der Waals surface area contributed by atoms with E-state index in [-0.39, 0.29) is 6.61 Å². The van der Waals surface area contributed by atoms with Crippen molar-refractivity contribution in [3.05, 3.63) is 76.7 Å². The van der Waals surface area contributed by atoms with Crippen molar-refractivity contribution < 1.29 is 13.9 Å². The molecule has 0 bridgehead atoms. The maximum Gasteiger partial charge on any atom is 0.331 e. The highest BCUT2D eigenvalue weighted by Crippen LogP contribution is 2.19. The lowest BCUT2D eigenvalue weighted by molar-refractivity contribution is -0.138. The Hall–Kier alpha value is -2.33. The molecule has 1 aromatic heterocycles. The molecule has 0 radical (unpaired) electrons. The molecule has 0 spiro atoms. The molecule has 4 heteroatoms. The second-order valence-corrected chi connectivity index (χ2v) is 5.50. The van der Waals surface area contributed by atoms with E-state index in [1.807, 2.05) is 42.5 Å². The molecule has 3 nitrogen and oxygen atoms in total. The molecule has 0 saturated carbocycles. The van der Waals surface area contributed by atoms with Crippen molar-refractivity contribution in [1.29, 1.82) is 0 Å². The van der Waals surface area contributed by atoms with Gasteiger partial charge in [-0.15, -0.1) is 0 Å². The molecule has 0 aliphatic heterocycles. The number of hydrogen-bond acceptors (Lipinski definition) is 3. The molecule has 0 N–H and O–H groups in total. The van der Waals surface area contributed by atoms with Crippen LogP contribution in [0.4, 0.5) is 0 Å². The van der Waals surface area contributed by atoms with Gasteiger partial charge in [-0.2, -0.15) is 0 Å². The standard InChI is InChI=1S/C18H13BrO3/c19-17-10-8-15(22-17)9-11-18(20)21-12-14-6-3-5-13-4-1-2-7-16(13)14/h1-11H,12H2/b11-9+. The number of hydrogen-bond donors (Lipinski definition) is 0. The van der Waals surface area contributed by atoms with Crippen molar-refractivity contribution in [3.8, 4) is 0 Å². The monoisotopic (exact) mass is 356 g/mol. The van der Waals surface area contributed by atoms with Crippen LogP contribution < -0.4 is 0 Å². The summed E-state index contributed by atoms with van der Waals surface area (Å²) < 4.78 is 11.2. The summed E-state index contributed by atoms with van der Waals surface area (Å²) >= 11 is 3.21. The summed E-state index contributed by atoms with van der Waals surface area (Å²) in [6.07, 6.45) is 2.94. The number of ether oxygens (including phenoxy) is 1. The van der Waals surface area contributed by atoms with Gasteiger partial charge < -0.3 is 9.15 Å². The van der Waals surface area contributed by atoms with Crippen LogP contribution in [0.1, 0.15) is 11.3 Å². The Morgan fingerprint density at radius 3 is 2.73 bits per heavy atom. The second kappa shape index (κ2) is 6.62. The number of rotatable bonds is 4. The Balaban J connectivity index is 1.66. The SMILES string of the molecule is O=C(/C=C/c1ccc(Br)o1)OCc1cccc2ccccc12. The summed E-state index contributed by atoms with van der Waals surface area (Å²) in [4.78, 5) is 11.8. The van der Waals surface area contributed by atoms with Crippen LogP contribution in [0.5, 0.6) is 0 Å². The summed E-state index contributed by atoms with van der Waals surface area (Å²) in [5.74, 6) is 0.189. The van der Waals surface area contributed by atoms with Gasteiger partial charge in [-0.25, -0.2) is 4.79 Å². The van der Waals surface area contributed by atoms with E-state index in [0.29, 0.717) is 10.4 Å². The third-order valence-corrected chi connectivity index (χ3v) is 3.65. The summed E-state index contributed by atoms with van der Waals surface area (Å²) in [6, 6.07) is 17.5. The molecule has 1 heterocycles. The second-order valence-electron chi connectivity index (χ2n) is 4.72. The lowest BCUT2D eigenvalue weighted by Crippen LogP contribution is -2.01. The first-order chi connectivity index (χ1) is 10.7. The fourth-order valence-electron chi connectivity index (χ4n) is 2.18. The fraction of sp³-hybridized carbons (Fsp3) is 0.0556. The Labute approximate surface area is 136 Å². The van der Waals surface area contributed by atoms with Crippen LogP contribution in [0, 0.1) is 0 Å². The van der Waals surface area contributed by atoms with E-state index in [9.17, 15) is 4.79 Å². The average molecular weight is 357 g/mol. The minimum absolute atomic E-state index is 0.242. The van der Waals surface area contributed by atoms with Crippen molar-refractivity contribution in [3.63, 3.8) is 0 Å². The lowest BCUT2D eigenvalue weighted by Gasteiger charge is -2.06. The van der Waals surface area contributed by atoms with Gasteiger partial charge in [-0.1, -0.05) is 42.5 Å². The number of fused-ring (bicyclic) bond motifs is 1. The van der Waals surface area contributed by atoms with E-state index >= 15 is 0 Å². The molecular weight excluding hydrogens is 344 g/mol. The Bertz CT molecular complexity index is 828. The van der Waals surface area contributed by atoms with Crippen molar-refractivity contribution in [2.24, 2.45) is 0 Å². The van der Waals surface area contributed by atoms with Crippen LogP contribution in [-0.2, 0) is 16.1 Å². The van der Waals surface area contributed by atoms with Gasteiger partial charge in [0.05, 0.1) is 0 Å². The minimum atomic E-state index is -0.402. The molecule has 3 aromatic rings. The van der Waals surface area contributed by atoms with Crippen LogP contribution in [0.3, 0.4) is 0 Å². The normalized spacial score (nSPS) is 11.1. The fourth-order valence-corrected chi connectivity index (χ4v) is 2.50. The lowest BCUT2D eigenvalue weighted by atomic mass is 10.1. The zero-order valence-electron chi connectivity index (χ0n) is 11.7. The molecule has 0 saturated heterocycles. The van der Waals surface area contributed by atoms with Gasteiger partial charge in [-0.05, 0) is 50.5 Å². The number of carbonyl (C=O) groups excluding carboxylic acids is 1. The zero-order valence-corrected chi connectivity index (χ0v) is 13.2. The first-order valence-electron chi connectivity index (χ1n) is 6.79. The maximum absolute atomic E-state index is 11.8. The summed E-state index contributed by atoms with van der Waals surface area (Å²) in [6.45, 7) is 0.242. The largest absolute Gasteiger partial charge is 0.458 e. The Morgan fingerprint density at radius 1 is 1.09 bits per heavy atom. The van der Waals surface area contributed by atoms with Gasteiger partial charge in [0.15, 0.2) is 4.67 Å². The van der Waals surface area contributed by atoms with E-state index in [4.69, 9.17) is 9.15 Å². The Kier molecular flexibility index (Phi) is 4.39. The van der Waals surface area contributed by atoms with Crippen molar-refractivity contribution in [1.82, 2.24) is 0 Å². The van der Waals surface area contributed by atoms with Gasteiger partial charge in [0, 0.05) is 6.08 Å². The highest BCUT2D eigenvalue weighted by Gasteiger charge is 2.03. The molecule has 0 amide bonds. The topological polar surface area (TPSA) is 39.4 Å². The highest BCUT2D eigenvalue weighted by atomic mass is 79.9. The summed E-state index contributed by atoms with van der Waals surface area (Å²) in [5.41, 5.74) is 0.987. The van der Waals surface area contributed by atoms with Crippen LogP contribution in [0.2, 0.25) is 0 Å². The van der Waals surface area contributed by atoms with Gasteiger partial charge in [0.25, 0.3) is 0 Å². The van der Waals surface area contributed by atoms with Crippen molar-refractivity contribution in [2.75, 3.05) is 0 Å². The molecule has 2 aromatic carbocycles. The first kappa shape index (κ1) is 14.6. The number of esters is 1. The molecule has 0 unspecified atom stereocenters. The van der Waals surface area contributed by atoms with E-state index in [1.165, 1.54) is 6.08 Å². The van der Waals surface area contributed by atoms with E-state index in [0.717, 1.165) is 16.3 Å². The predicted molar refractivity (Wildman–Crippen MR) is 89.2 cm³/mol. The van der Waals surface area contributed by atoms with E-state index < -0.39 is 5.97 Å². The van der Waals surface area contributed by atoms with E-state index in [2.05, 4.69) is 15.9 Å². The van der Waals surface area contributed by atoms with Gasteiger partial charge >= 0.3 is 5.97 Å². The van der Waals surface area contributed by atoms with Gasteiger partial charge in [-0.3, -0.25) is 0 Å². The van der Waals surface area contributed by atoms with Crippen LogP contribution >= 0.6 is 15.9 Å². The van der Waals surface area contributed by atoms with Crippen LogP contribution in [-0.4, -0.2) is 5.97 Å². The number of furan rings is 1. The first-order valence-corrected chi connectivity index (χ1v) is 7.58. The molecule has 0 aliphatic carbocycles. The number of carbonyl (C=O) groups is 1. The molecule has 22 heavy (non-hydrogen) atoms. The van der Waals surface area contributed by atoms with Crippen LogP contribution in [0.25, 0.3) is 16.8 Å². The molecule has 110 valence electrons. The minimum Gasteiger partial charge on any atom is -0.458 e. The van der Waals surface area contributed by atoms with Gasteiger partial charge in [0.2, 0.25) is 0 Å². The molecule has 3 rings (SSSR count). The molecule has 0 atom stereocenters. The Morgan fingerprint density at radius 2 is 1.91 bits per heavy atom. The average Bonchev–Trinajstić information content (AvgIpc) is 2.96. The molecule has 0 fully saturated rings. The van der Waals surface area contributed by atoms with E-state index in [1.54, 1.807) is 18.2 Å².